The molecule has 0 bridgehead atoms. The molecule has 168 valence electrons. The monoisotopic (exact) mass is 411 g/mol. The summed E-state index contributed by atoms with van der Waals surface area (Å²) in [4.78, 5) is 23.5. The molecular weight excluding hydrogens is 370 g/mol. The fraction of sp³-hybridized carbons (Fsp3) is 0.826. The average Bonchev–Trinajstić information content (AvgIpc) is 2.69. The van der Waals surface area contributed by atoms with Crippen LogP contribution < -0.4 is 5.32 Å². The topological polar surface area (TPSA) is 84.9 Å². The Bertz CT molecular complexity index is 486. The second-order valence-electron chi connectivity index (χ2n) is 8.04. The van der Waals surface area contributed by atoms with E-state index < -0.39 is 6.04 Å². The summed E-state index contributed by atoms with van der Waals surface area (Å²) in [6.07, 6.45) is 11.3. The van der Waals surface area contributed by atoms with E-state index in [9.17, 15) is 14.7 Å². The molecule has 0 aromatic heterocycles. The first kappa shape index (κ1) is 25.6. The summed E-state index contributed by atoms with van der Waals surface area (Å²) in [5.41, 5.74) is 0. The molecule has 6 heteroatoms. The maximum Gasteiger partial charge on any atom is 0.323 e. The molecular formula is C23H41NO5. The number of hydrogen-bond acceptors (Lipinski definition) is 6. The van der Waals surface area contributed by atoms with Crippen LogP contribution in [-0.4, -0.2) is 48.9 Å². The third-order valence-corrected chi connectivity index (χ3v) is 5.60. The van der Waals surface area contributed by atoms with Crippen LogP contribution in [0.25, 0.3) is 0 Å². The first-order valence-corrected chi connectivity index (χ1v) is 11.4. The van der Waals surface area contributed by atoms with Crippen molar-refractivity contribution in [2.75, 3.05) is 19.8 Å². The highest BCUT2D eigenvalue weighted by atomic mass is 16.5. The summed E-state index contributed by atoms with van der Waals surface area (Å²) >= 11 is 0. The maximum absolute atomic E-state index is 12.2. The molecule has 0 radical (unpaired) electrons. The highest BCUT2D eigenvalue weighted by molar-refractivity contribution is 5.76. The molecule has 0 aliphatic heterocycles. The number of hydrogen-bond donors (Lipinski definition) is 2. The molecule has 1 aliphatic rings. The van der Waals surface area contributed by atoms with Crippen molar-refractivity contribution in [3.8, 4) is 0 Å². The highest BCUT2D eigenvalue weighted by Gasteiger charge is 2.25. The summed E-state index contributed by atoms with van der Waals surface area (Å²) in [6.45, 7) is 7.23. The van der Waals surface area contributed by atoms with Crippen LogP contribution >= 0.6 is 0 Å². The molecule has 2 unspecified atom stereocenters. The Hall–Kier alpha value is -1.40. The Morgan fingerprint density at radius 1 is 1.10 bits per heavy atom. The molecule has 0 saturated heterocycles. The maximum atomic E-state index is 12.2. The van der Waals surface area contributed by atoms with E-state index in [2.05, 4.69) is 12.2 Å². The van der Waals surface area contributed by atoms with Crippen LogP contribution in [0.5, 0.6) is 0 Å². The summed E-state index contributed by atoms with van der Waals surface area (Å²) in [5.74, 6) is 0.727. The van der Waals surface area contributed by atoms with Gasteiger partial charge in [-0.15, -0.1) is 0 Å². The molecule has 6 nitrogen and oxygen atoms in total. The Kier molecular flexibility index (Phi) is 13.7. The lowest BCUT2D eigenvalue weighted by molar-refractivity contribution is -0.145. The van der Waals surface area contributed by atoms with Gasteiger partial charge in [0.2, 0.25) is 0 Å². The minimum Gasteiger partial charge on any atom is -0.466 e. The lowest BCUT2D eigenvalue weighted by Gasteiger charge is -2.30. The van der Waals surface area contributed by atoms with Crippen molar-refractivity contribution in [2.45, 2.75) is 90.7 Å². The van der Waals surface area contributed by atoms with E-state index in [0.29, 0.717) is 44.9 Å². The number of unbranched alkanes of at least 4 members (excludes halogenated alkanes) is 1. The number of ether oxygens (including phenoxy) is 2. The van der Waals surface area contributed by atoms with Crippen LogP contribution in [0.4, 0.5) is 0 Å². The van der Waals surface area contributed by atoms with Gasteiger partial charge in [-0.3, -0.25) is 9.59 Å². The number of nitrogens with one attached hydrogen (secondary N) is 1. The van der Waals surface area contributed by atoms with Crippen molar-refractivity contribution in [1.29, 1.82) is 0 Å². The predicted octanol–water partition coefficient (Wildman–Crippen LogP) is 3.76. The van der Waals surface area contributed by atoms with Gasteiger partial charge in [0.15, 0.2) is 0 Å². The largest absolute Gasteiger partial charge is 0.466 e. The third kappa shape index (κ3) is 11.4. The fourth-order valence-electron chi connectivity index (χ4n) is 3.77. The van der Waals surface area contributed by atoms with Gasteiger partial charge in [-0.1, -0.05) is 31.9 Å². The average molecular weight is 412 g/mol. The molecule has 29 heavy (non-hydrogen) atoms. The zero-order valence-electron chi connectivity index (χ0n) is 18.5. The van der Waals surface area contributed by atoms with Crippen LogP contribution in [0.15, 0.2) is 12.2 Å². The lowest BCUT2D eigenvalue weighted by Crippen LogP contribution is -2.40. The molecule has 1 aliphatic carbocycles. The number of esters is 2. The number of rotatable bonds is 14. The summed E-state index contributed by atoms with van der Waals surface area (Å²) < 4.78 is 10.1. The van der Waals surface area contributed by atoms with Crippen molar-refractivity contribution in [2.24, 2.45) is 11.8 Å². The molecule has 1 saturated carbocycles. The normalized spacial score (nSPS) is 21.7. The van der Waals surface area contributed by atoms with E-state index in [1.54, 1.807) is 13.8 Å². The third-order valence-electron chi connectivity index (χ3n) is 5.60. The Balaban J connectivity index is 2.33. The second-order valence-corrected chi connectivity index (χ2v) is 8.04. The standard InChI is InChI=1S/C23H41NO5/c1-4-28-22(26)11-9-7-6-8-10-20(23(27)29-5-2)24-17-16-21(25)19-14-12-18(3)13-15-19/h6,8,18-21,24-25H,4-5,7,9-17H2,1-3H3/b8-6-. The molecule has 2 atom stereocenters. The molecule has 0 spiro atoms. The van der Waals surface area contributed by atoms with E-state index in [1.165, 1.54) is 12.8 Å². The second kappa shape index (κ2) is 15.4. The van der Waals surface area contributed by atoms with Gasteiger partial charge in [-0.05, 0) is 70.8 Å². The van der Waals surface area contributed by atoms with Gasteiger partial charge >= 0.3 is 11.9 Å². The van der Waals surface area contributed by atoms with E-state index in [-0.39, 0.29) is 18.0 Å². The van der Waals surface area contributed by atoms with Crippen molar-refractivity contribution in [1.82, 2.24) is 5.32 Å². The van der Waals surface area contributed by atoms with Crippen molar-refractivity contribution in [3.63, 3.8) is 0 Å². The molecule has 0 aromatic rings. The van der Waals surface area contributed by atoms with Crippen LogP contribution in [0.2, 0.25) is 0 Å². The number of carbonyl (C=O) groups excluding carboxylic acids is 2. The van der Waals surface area contributed by atoms with Gasteiger partial charge in [0.25, 0.3) is 0 Å². The van der Waals surface area contributed by atoms with Gasteiger partial charge < -0.3 is 19.9 Å². The van der Waals surface area contributed by atoms with Crippen LogP contribution in [0.1, 0.15) is 78.6 Å². The molecule has 2 N–H and O–H groups in total. The van der Waals surface area contributed by atoms with Crippen LogP contribution in [0, 0.1) is 11.8 Å². The van der Waals surface area contributed by atoms with Crippen LogP contribution in [0.3, 0.4) is 0 Å². The predicted molar refractivity (Wildman–Crippen MR) is 114 cm³/mol. The Labute approximate surface area is 176 Å². The van der Waals surface area contributed by atoms with E-state index in [0.717, 1.165) is 31.6 Å². The minimum atomic E-state index is -0.408. The zero-order chi connectivity index (χ0) is 21.5. The highest BCUT2D eigenvalue weighted by Crippen LogP contribution is 2.31. The number of aliphatic hydroxyl groups excluding tert-OH is 1. The fourth-order valence-corrected chi connectivity index (χ4v) is 3.77. The van der Waals surface area contributed by atoms with E-state index in [1.807, 2.05) is 12.2 Å². The van der Waals surface area contributed by atoms with E-state index in [4.69, 9.17) is 9.47 Å². The number of allylic oxidation sites excluding steroid dienone is 1. The van der Waals surface area contributed by atoms with Gasteiger partial charge in [0.1, 0.15) is 6.04 Å². The van der Waals surface area contributed by atoms with Crippen molar-refractivity contribution in [3.05, 3.63) is 12.2 Å². The first-order chi connectivity index (χ1) is 14.0. The van der Waals surface area contributed by atoms with Gasteiger partial charge in [-0.2, -0.15) is 0 Å². The van der Waals surface area contributed by atoms with Crippen molar-refractivity contribution >= 4 is 11.9 Å². The molecule has 0 heterocycles. The van der Waals surface area contributed by atoms with Gasteiger partial charge in [0, 0.05) is 6.42 Å². The number of carbonyl (C=O) groups is 2. The molecule has 1 rings (SSSR count). The van der Waals surface area contributed by atoms with Gasteiger partial charge in [0.05, 0.1) is 19.3 Å². The van der Waals surface area contributed by atoms with Gasteiger partial charge in [-0.25, -0.2) is 0 Å². The van der Waals surface area contributed by atoms with Crippen molar-refractivity contribution < 1.29 is 24.2 Å². The Morgan fingerprint density at radius 2 is 1.79 bits per heavy atom. The first-order valence-electron chi connectivity index (χ1n) is 11.4. The summed E-state index contributed by atoms with van der Waals surface area (Å²) in [7, 11) is 0. The SMILES string of the molecule is CCOC(=O)CCC/C=C\CC(NCCC(O)C1CCC(C)CC1)C(=O)OCC. The summed E-state index contributed by atoms with van der Waals surface area (Å²) in [6, 6.07) is -0.408. The molecule has 0 aromatic carbocycles. The quantitative estimate of drug-likeness (QED) is 0.257. The minimum absolute atomic E-state index is 0.169. The smallest absolute Gasteiger partial charge is 0.323 e. The lowest BCUT2D eigenvalue weighted by atomic mass is 9.79. The number of aliphatic hydroxyl groups is 1. The van der Waals surface area contributed by atoms with Crippen LogP contribution in [-0.2, 0) is 19.1 Å². The van der Waals surface area contributed by atoms with E-state index >= 15 is 0 Å². The zero-order valence-corrected chi connectivity index (χ0v) is 18.5. The molecule has 1 fully saturated rings. The summed E-state index contributed by atoms with van der Waals surface area (Å²) in [5, 5.41) is 13.7. The molecule has 0 amide bonds. The Morgan fingerprint density at radius 3 is 2.45 bits per heavy atom.